The third kappa shape index (κ3) is 3.07. The van der Waals surface area contributed by atoms with Crippen LogP contribution in [-0.4, -0.2) is 58.8 Å². The van der Waals surface area contributed by atoms with Crippen LogP contribution in [0.25, 0.3) is 0 Å². The van der Waals surface area contributed by atoms with Crippen molar-refractivity contribution in [2.45, 2.75) is 50.9 Å². The van der Waals surface area contributed by atoms with Crippen molar-refractivity contribution in [3.63, 3.8) is 0 Å². The lowest BCUT2D eigenvalue weighted by Gasteiger charge is -2.37. The van der Waals surface area contributed by atoms with E-state index in [1.165, 1.54) is 19.3 Å². The Hall–Kier alpha value is -0.920. The van der Waals surface area contributed by atoms with E-state index in [1.54, 1.807) is 24.3 Å². The zero-order chi connectivity index (χ0) is 15.7. The molecule has 1 aromatic heterocycles. The number of nitrogens with zero attached hydrogens (tertiary/aromatic N) is 4. The second kappa shape index (κ2) is 6.29. The molecule has 2 aliphatic rings. The minimum atomic E-state index is -3.22. The van der Waals surface area contributed by atoms with Crippen molar-refractivity contribution in [1.82, 2.24) is 19.0 Å². The smallest absolute Gasteiger partial charge is 0.216 e. The van der Waals surface area contributed by atoms with Crippen molar-refractivity contribution >= 4 is 10.0 Å². The molecule has 0 aliphatic carbocycles. The zero-order valence-corrected chi connectivity index (χ0v) is 14.3. The molecule has 0 aromatic carbocycles. The molecule has 0 radical (unpaired) electrons. The fourth-order valence-electron chi connectivity index (χ4n) is 3.42. The number of likely N-dealkylation sites (tertiary alicyclic amines) is 1. The second-order valence-corrected chi connectivity index (χ2v) is 9.16. The van der Waals surface area contributed by atoms with Crippen LogP contribution in [0.4, 0.5) is 0 Å². The normalized spacial score (nSPS) is 24.6. The Morgan fingerprint density at radius 1 is 1.27 bits per heavy atom. The van der Waals surface area contributed by atoms with Crippen LogP contribution in [0.15, 0.2) is 12.3 Å². The van der Waals surface area contributed by atoms with E-state index in [9.17, 15) is 8.42 Å². The first-order valence-electron chi connectivity index (χ1n) is 8.22. The van der Waals surface area contributed by atoms with Crippen molar-refractivity contribution in [2.24, 2.45) is 0 Å². The molecule has 0 spiro atoms. The fourth-order valence-corrected chi connectivity index (χ4v) is 4.71. The minimum Gasteiger partial charge on any atom is -0.301 e. The van der Waals surface area contributed by atoms with Crippen LogP contribution in [0.3, 0.4) is 0 Å². The number of rotatable bonds is 4. The molecule has 0 saturated carbocycles. The molecule has 3 rings (SSSR count). The van der Waals surface area contributed by atoms with Gasteiger partial charge in [0.1, 0.15) is 0 Å². The molecular formula is C15H26N4O2S. The predicted octanol–water partition coefficient (Wildman–Crippen LogP) is 1.46. The maximum atomic E-state index is 12.5. The van der Waals surface area contributed by atoms with Gasteiger partial charge < -0.3 is 4.90 Å². The second-order valence-electron chi connectivity index (χ2n) is 6.67. The summed E-state index contributed by atoms with van der Waals surface area (Å²) in [5.74, 6) is 0. The molecule has 22 heavy (non-hydrogen) atoms. The Morgan fingerprint density at radius 2 is 2.00 bits per heavy atom. The molecule has 1 fully saturated rings. The number of piperidine rings is 1. The van der Waals surface area contributed by atoms with Gasteiger partial charge in [-0.1, -0.05) is 6.42 Å². The Labute approximate surface area is 133 Å². The van der Waals surface area contributed by atoms with Gasteiger partial charge in [0, 0.05) is 19.3 Å². The van der Waals surface area contributed by atoms with Crippen LogP contribution in [0.2, 0.25) is 0 Å². The van der Waals surface area contributed by atoms with E-state index >= 15 is 0 Å². The zero-order valence-electron chi connectivity index (χ0n) is 13.5. The summed E-state index contributed by atoms with van der Waals surface area (Å²) < 4.78 is 28.7. The summed E-state index contributed by atoms with van der Waals surface area (Å²) in [5, 5.41) is 4.06. The van der Waals surface area contributed by atoms with E-state index in [2.05, 4.69) is 10.00 Å². The molecule has 3 heterocycles. The molecule has 0 N–H and O–H groups in total. The molecule has 2 aliphatic heterocycles. The van der Waals surface area contributed by atoms with Crippen molar-refractivity contribution < 1.29 is 8.42 Å². The summed E-state index contributed by atoms with van der Waals surface area (Å²) in [4.78, 5) is 2.45. The van der Waals surface area contributed by atoms with Gasteiger partial charge in [-0.15, -0.1) is 0 Å². The predicted molar refractivity (Wildman–Crippen MR) is 86.0 cm³/mol. The standard InChI is InChI=1S/C15H26N4O2S/c1-13(2)22(20,21)18-11-14-6-7-16-19(14)15(12-18)10-17-8-4-3-5-9-17/h6-7,13,15H,3-5,8-12H2,1-2H3/t15-/m0/s1. The van der Waals surface area contributed by atoms with Crippen LogP contribution >= 0.6 is 0 Å². The van der Waals surface area contributed by atoms with Crippen molar-refractivity contribution in [1.29, 1.82) is 0 Å². The molecule has 0 unspecified atom stereocenters. The van der Waals surface area contributed by atoms with Gasteiger partial charge in [-0.2, -0.15) is 9.40 Å². The molecular weight excluding hydrogens is 300 g/mol. The first kappa shape index (κ1) is 16.0. The third-order valence-electron chi connectivity index (χ3n) is 4.72. The average molecular weight is 326 g/mol. The molecule has 1 aromatic rings. The Kier molecular flexibility index (Phi) is 4.56. The Bertz CT molecular complexity index is 605. The van der Waals surface area contributed by atoms with Gasteiger partial charge in [0.15, 0.2) is 0 Å². The average Bonchev–Trinajstić information content (AvgIpc) is 2.96. The monoisotopic (exact) mass is 326 g/mol. The van der Waals surface area contributed by atoms with E-state index in [0.29, 0.717) is 13.1 Å². The van der Waals surface area contributed by atoms with Crippen molar-refractivity contribution in [3.05, 3.63) is 18.0 Å². The maximum absolute atomic E-state index is 12.5. The van der Waals surface area contributed by atoms with Crippen LogP contribution in [0.5, 0.6) is 0 Å². The van der Waals surface area contributed by atoms with E-state index in [4.69, 9.17) is 0 Å². The number of aromatic nitrogens is 2. The molecule has 124 valence electrons. The molecule has 0 amide bonds. The Morgan fingerprint density at radius 3 is 2.68 bits per heavy atom. The lowest BCUT2D eigenvalue weighted by Crippen LogP contribution is -2.47. The third-order valence-corrected chi connectivity index (χ3v) is 6.91. The molecule has 6 nitrogen and oxygen atoms in total. The van der Waals surface area contributed by atoms with Crippen molar-refractivity contribution in [3.8, 4) is 0 Å². The lowest BCUT2D eigenvalue weighted by atomic mass is 10.1. The van der Waals surface area contributed by atoms with E-state index in [1.807, 2.05) is 10.7 Å². The number of hydrogen-bond donors (Lipinski definition) is 0. The van der Waals surface area contributed by atoms with Gasteiger partial charge in [0.05, 0.1) is 23.5 Å². The van der Waals surface area contributed by atoms with Crippen LogP contribution in [0, 0.1) is 0 Å². The quantitative estimate of drug-likeness (QED) is 0.840. The van der Waals surface area contributed by atoms with Crippen LogP contribution < -0.4 is 0 Å². The largest absolute Gasteiger partial charge is 0.301 e. The lowest BCUT2D eigenvalue weighted by molar-refractivity contribution is 0.160. The number of hydrogen-bond acceptors (Lipinski definition) is 4. The fraction of sp³-hybridized carbons (Fsp3) is 0.800. The SMILES string of the molecule is CC(C)S(=O)(=O)N1Cc2ccnn2[C@@H](CN2CCCCC2)C1. The van der Waals surface area contributed by atoms with Crippen LogP contribution in [-0.2, 0) is 16.6 Å². The highest BCUT2D eigenvalue weighted by Crippen LogP contribution is 2.26. The summed E-state index contributed by atoms with van der Waals surface area (Å²) in [6, 6.07) is 2.05. The Balaban J connectivity index is 1.80. The first-order valence-corrected chi connectivity index (χ1v) is 9.72. The van der Waals surface area contributed by atoms with E-state index in [0.717, 1.165) is 25.3 Å². The van der Waals surface area contributed by atoms with Gasteiger partial charge in [-0.3, -0.25) is 4.68 Å². The van der Waals surface area contributed by atoms with Crippen molar-refractivity contribution in [2.75, 3.05) is 26.2 Å². The number of sulfonamides is 1. The highest BCUT2D eigenvalue weighted by atomic mass is 32.2. The number of fused-ring (bicyclic) bond motifs is 1. The summed E-state index contributed by atoms with van der Waals surface area (Å²) >= 11 is 0. The summed E-state index contributed by atoms with van der Waals surface area (Å²) in [6.07, 6.45) is 5.57. The summed E-state index contributed by atoms with van der Waals surface area (Å²) in [7, 11) is -3.22. The molecule has 0 bridgehead atoms. The summed E-state index contributed by atoms with van der Waals surface area (Å²) in [6.45, 7) is 7.59. The summed E-state index contributed by atoms with van der Waals surface area (Å²) in [5.41, 5.74) is 0.998. The highest BCUT2D eigenvalue weighted by molar-refractivity contribution is 7.89. The maximum Gasteiger partial charge on any atom is 0.216 e. The van der Waals surface area contributed by atoms with Gasteiger partial charge in [0.25, 0.3) is 0 Å². The van der Waals surface area contributed by atoms with Gasteiger partial charge in [-0.05, 0) is 45.8 Å². The minimum absolute atomic E-state index is 0.116. The first-order chi connectivity index (χ1) is 10.5. The van der Waals surface area contributed by atoms with Crippen LogP contribution in [0.1, 0.15) is 44.8 Å². The van der Waals surface area contributed by atoms with E-state index < -0.39 is 10.0 Å². The molecule has 7 heteroatoms. The van der Waals surface area contributed by atoms with Gasteiger partial charge >= 0.3 is 0 Å². The van der Waals surface area contributed by atoms with Gasteiger partial charge in [0.2, 0.25) is 10.0 Å². The molecule has 1 atom stereocenters. The topological polar surface area (TPSA) is 58.4 Å². The molecule has 1 saturated heterocycles. The van der Waals surface area contributed by atoms with Gasteiger partial charge in [-0.25, -0.2) is 8.42 Å². The van der Waals surface area contributed by atoms with E-state index in [-0.39, 0.29) is 11.3 Å². The highest BCUT2D eigenvalue weighted by Gasteiger charge is 2.35.